The summed E-state index contributed by atoms with van der Waals surface area (Å²) in [6.45, 7) is 3.75. The van der Waals surface area contributed by atoms with Gasteiger partial charge in [-0.05, 0) is 49.6 Å². The van der Waals surface area contributed by atoms with Gasteiger partial charge in [0, 0.05) is 21.8 Å². The average Bonchev–Trinajstić information content (AvgIpc) is 3.01. The highest BCUT2D eigenvalue weighted by atomic mass is 32.1. The van der Waals surface area contributed by atoms with E-state index in [4.69, 9.17) is 5.11 Å². The molecule has 3 N–H and O–H groups in total. The first-order chi connectivity index (χ1) is 10.4. The third-order valence-electron chi connectivity index (χ3n) is 3.38. The van der Waals surface area contributed by atoms with Gasteiger partial charge in [0.2, 0.25) is 0 Å². The lowest BCUT2D eigenvalue weighted by molar-refractivity contribution is 0.0702. The van der Waals surface area contributed by atoms with Crippen molar-refractivity contribution in [3.05, 3.63) is 52.2 Å². The molecule has 112 valence electrons. The average molecular weight is 314 g/mol. The number of fused-ring (bicyclic) bond motifs is 1. The third kappa shape index (κ3) is 2.60. The number of carboxylic acids is 1. The fourth-order valence-corrected chi connectivity index (χ4v) is 3.27. The molecule has 5 nitrogen and oxygen atoms in total. The van der Waals surface area contributed by atoms with E-state index >= 15 is 0 Å². The van der Waals surface area contributed by atoms with Gasteiger partial charge in [-0.25, -0.2) is 4.79 Å². The number of H-pyrrole nitrogens is 1. The van der Waals surface area contributed by atoms with Gasteiger partial charge < -0.3 is 15.4 Å². The molecular weight excluding hydrogens is 300 g/mol. The van der Waals surface area contributed by atoms with E-state index in [1.165, 1.54) is 11.3 Å². The van der Waals surface area contributed by atoms with Crippen molar-refractivity contribution < 1.29 is 14.7 Å². The minimum absolute atomic E-state index is 0.185. The molecule has 0 saturated heterocycles. The molecule has 0 aliphatic heterocycles. The lowest BCUT2D eigenvalue weighted by atomic mass is 10.2. The van der Waals surface area contributed by atoms with Crippen molar-refractivity contribution in [1.29, 1.82) is 0 Å². The van der Waals surface area contributed by atoms with Crippen LogP contribution in [0.5, 0.6) is 0 Å². The highest BCUT2D eigenvalue weighted by molar-refractivity contribution is 7.20. The third-order valence-corrected chi connectivity index (χ3v) is 4.48. The zero-order chi connectivity index (χ0) is 15.9. The first-order valence-electron chi connectivity index (χ1n) is 6.68. The second-order valence-corrected chi connectivity index (χ2v) is 6.20. The zero-order valence-electron chi connectivity index (χ0n) is 12.1. The number of carbonyl (C=O) groups is 2. The number of rotatable bonds is 3. The van der Waals surface area contributed by atoms with Gasteiger partial charge in [0.25, 0.3) is 5.91 Å². The maximum atomic E-state index is 12.3. The van der Waals surface area contributed by atoms with E-state index in [-0.39, 0.29) is 10.8 Å². The Balaban J connectivity index is 1.89. The maximum Gasteiger partial charge on any atom is 0.345 e. The van der Waals surface area contributed by atoms with Crippen molar-refractivity contribution in [3.63, 3.8) is 0 Å². The van der Waals surface area contributed by atoms with Crippen molar-refractivity contribution >= 4 is 39.0 Å². The van der Waals surface area contributed by atoms with Gasteiger partial charge in [0.1, 0.15) is 4.88 Å². The van der Waals surface area contributed by atoms with Crippen molar-refractivity contribution in [2.24, 2.45) is 0 Å². The van der Waals surface area contributed by atoms with E-state index in [0.717, 1.165) is 21.5 Å². The van der Waals surface area contributed by atoms with E-state index in [1.54, 1.807) is 24.3 Å². The minimum Gasteiger partial charge on any atom is -0.477 e. The van der Waals surface area contributed by atoms with Crippen LogP contribution in [0.4, 0.5) is 5.69 Å². The smallest absolute Gasteiger partial charge is 0.345 e. The fraction of sp³-hybridized carbons (Fsp3) is 0.125. The molecule has 0 saturated carbocycles. The van der Waals surface area contributed by atoms with Gasteiger partial charge >= 0.3 is 5.97 Å². The Morgan fingerprint density at radius 2 is 1.95 bits per heavy atom. The van der Waals surface area contributed by atoms with Crippen LogP contribution in [0.25, 0.3) is 10.1 Å². The number of anilines is 1. The Labute approximate surface area is 130 Å². The molecule has 6 heteroatoms. The summed E-state index contributed by atoms with van der Waals surface area (Å²) in [6.07, 6.45) is 0. The van der Waals surface area contributed by atoms with Crippen molar-refractivity contribution in [3.8, 4) is 0 Å². The summed E-state index contributed by atoms with van der Waals surface area (Å²) < 4.78 is 0.879. The van der Waals surface area contributed by atoms with Gasteiger partial charge in [-0.1, -0.05) is 0 Å². The molecule has 0 spiro atoms. The number of benzene rings is 1. The summed E-state index contributed by atoms with van der Waals surface area (Å²) in [6, 6.07) is 8.79. The Kier molecular flexibility index (Phi) is 3.46. The molecule has 3 rings (SSSR count). The topological polar surface area (TPSA) is 82.2 Å². The normalized spacial score (nSPS) is 10.8. The summed E-state index contributed by atoms with van der Waals surface area (Å²) >= 11 is 1.22. The largest absolute Gasteiger partial charge is 0.477 e. The summed E-state index contributed by atoms with van der Waals surface area (Å²) in [5.41, 5.74) is 3.00. The number of carbonyl (C=O) groups excluding carboxylic acids is 1. The first kappa shape index (κ1) is 14.3. The number of thiophene rings is 1. The van der Waals surface area contributed by atoms with Crippen molar-refractivity contribution in [2.75, 3.05) is 5.32 Å². The first-order valence-corrected chi connectivity index (χ1v) is 7.50. The standard InChI is InChI=1S/C16H14N2O3S/c1-8-5-12(9(2)17-8)15(19)18-11-3-4-13-10(6-11)7-14(22-13)16(20)21/h3-7,17H,1-2H3,(H,18,19)(H,20,21). The molecule has 0 unspecified atom stereocenters. The number of aromatic amines is 1. The van der Waals surface area contributed by atoms with Crippen LogP contribution in [-0.2, 0) is 0 Å². The Morgan fingerprint density at radius 3 is 2.59 bits per heavy atom. The number of hydrogen-bond acceptors (Lipinski definition) is 3. The van der Waals surface area contributed by atoms with Crippen LogP contribution in [0.2, 0.25) is 0 Å². The number of aromatic nitrogens is 1. The highest BCUT2D eigenvalue weighted by Crippen LogP contribution is 2.28. The molecule has 3 aromatic rings. The van der Waals surface area contributed by atoms with Gasteiger partial charge in [-0.3, -0.25) is 4.79 Å². The molecule has 2 heterocycles. The van der Waals surface area contributed by atoms with Crippen molar-refractivity contribution in [2.45, 2.75) is 13.8 Å². The quantitative estimate of drug-likeness (QED) is 0.687. The van der Waals surface area contributed by atoms with E-state index in [2.05, 4.69) is 10.3 Å². The van der Waals surface area contributed by atoms with E-state index in [1.807, 2.05) is 19.9 Å². The van der Waals surface area contributed by atoms with Crippen LogP contribution in [0.1, 0.15) is 31.4 Å². The molecule has 0 fully saturated rings. The highest BCUT2D eigenvalue weighted by Gasteiger charge is 2.13. The molecular formula is C16H14N2O3S. The summed E-state index contributed by atoms with van der Waals surface area (Å²) in [5, 5.41) is 12.7. The van der Waals surface area contributed by atoms with Crippen LogP contribution in [0, 0.1) is 13.8 Å². The van der Waals surface area contributed by atoms with Crippen LogP contribution < -0.4 is 5.32 Å². The summed E-state index contributed by atoms with van der Waals surface area (Å²) in [4.78, 5) is 26.7. The van der Waals surface area contributed by atoms with Gasteiger partial charge in [-0.2, -0.15) is 0 Å². The fourth-order valence-electron chi connectivity index (χ4n) is 2.38. The van der Waals surface area contributed by atoms with E-state index < -0.39 is 5.97 Å². The number of nitrogens with one attached hydrogen (secondary N) is 2. The summed E-state index contributed by atoms with van der Waals surface area (Å²) in [7, 11) is 0. The molecule has 22 heavy (non-hydrogen) atoms. The van der Waals surface area contributed by atoms with Gasteiger partial charge in [-0.15, -0.1) is 11.3 Å². The number of aromatic carboxylic acids is 1. The lowest BCUT2D eigenvalue weighted by Gasteiger charge is -2.04. The number of hydrogen-bond donors (Lipinski definition) is 3. The number of carboxylic acid groups (broad SMARTS) is 1. The number of aryl methyl sites for hydroxylation is 2. The molecule has 1 aromatic carbocycles. The molecule has 0 atom stereocenters. The Hall–Kier alpha value is -2.60. The molecule has 1 amide bonds. The Morgan fingerprint density at radius 1 is 1.18 bits per heavy atom. The minimum atomic E-state index is -0.940. The predicted molar refractivity (Wildman–Crippen MR) is 87.0 cm³/mol. The maximum absolute atomic E-state index is 12.3. The molecule has 2 aromatic heterocycles. The van der Waals surface area contributed by atoms with Crippen LogP contribution in [0.3, 0.4) is 0 Å². The summed E-state index contributed by atoms with van der Waals surface area (Å²) in [5.74, 6) is -1.12. The SMILES string of the molecule is Cc1cc(C(=O)Nc2ccc3sc(C(=O)O)cc3c2)c(C)[nH]1. The Bertz CT molecular complexity index is 892. The van der Waals surface area contributed by atoms with E-state index in [0.29, 0.717) is 11.3 Å². The second kappa shape index (κ2) is 5.31. The molecule has 0 radical (unpaired) electrons. The van der Waals surface area contributed by atoms with Gasteiger partial charge in [0.05, 0.1) is 5.56 Å². The zero-order valence-corrected chi connectivity index (χ0v) is 12.9. The predicted octanol–water partition coefficient (Wildman–Crippen LogP) is 3.80. The van der Waals surface area contributed by atoms with Gasteiger partial charge in [0.15, 0.2) is 0 Å². The van der Waals surface area contributed by atoms with Crippen LogP contribution in [0.15, 0.2) is 30.3 Å². The van der Waals surface area contributed by atoms with Crippen LogP contribution in [-0.4, -0.2) is 22.0 Å². The molecule has 0 aliphatic rings. The molecule has 0 bridgehead atoms. The monoisotopic (exact) mass is 314 g/mol. The van der Waals surface area contributed by atoms with E-state index in [9.17, 15) is 9.59 Å². The lowest BCUT2D eigenvalue weighted by Crippen LogP contribution is -2.12. The number of amides is 1. The second-order valence-electron chi connectivity index (χ2n) is 5.11. The van der Waals surface area contributed by atoms with Crippen LogP contribution >= 0.6 is 11.3 Å². The van der Waals surface area contributed by atoms with Crippen molar-refractivity contribution in [1.82, 2.24) is 4.98 Å². The molecule has 0 aliphatic carbocycles.